The molecule has 1 saturated heterocycles. The van der Waals surface area contributed by atoms with Crippen LogP contribution in [-0.4, -0.2) is 31.6 Å². The first-order chi connectivity index (χ1) is 7.20. The maximum absolute atomic E-state index is 13.3. The first-order valence-electron chi connectivity index (χ1n) is 5.05. The van der Waals surface area contributed by atoms with Gasteiger partial charge in [0.2, 0.25) is 0 Å². The fourth-order valence-electron chi connectivity index (χ4n) is 1.93. The Labute approximate surface area is 94.0 Å². The zero-order valence-corrected chi connectivity index (χ0v) is 9.39. The third-order valence-electron chi connectivity index (χ3n) is 2.85. The van der Waals surface area contributed by atoms with Gasteiger partial charge in [0.1, 0.15) is 5.82 Å². The summed E-state index contributed by atoms with van der Waals surface area (Å²) in [5.74, 6) is -0.340. The van der Waals surface area contributed by atoms with Crippen molar-refractivity contribution in [2.75, 3.05) is 26.7 Å². The normalized spacial score (nSPS) is 23.0. The van der Waals surface area contributed by atoms with E-state index in [1.165, 1.54) is 6.07 Å². The highest BCUT2D eigenvalue weighted by Crippen LogP contribution is 2.29. The highest BCUT2D eigenvalue weighted by molar-refractivity contribution is 6.31. The molecule has 0 aliphatic carbocycles. The lowest BCUT2D eigenvalue weighted by molar-refractivity contribution is 0.202. The van der Waals surface area contributed by atoms with Crippen LogP contribution in [-0.2, 0) is 0 Å². The average Bonchev–Trinajstić information content (AvgIpc) is 2.23. The number of nitrogens with zero attached hydrogens (tertiary/aromatic N) is 1. The van der Waals surface area contributed by atoms with Crippen molar-refractivity contribution >= 4 is 11.6 Å². The van der Waals surface area contributed by atoms with Crippen LogP contribution in [0.25, 0.3) is 0 Å². The summed E-state index contributed by atoms with van der Waals surface area (Å²) in [6.45, 7) is 2.75. The number of benzene rings is 1. The predicted octanol–water partition coefficient (Wildman–Crippen LogP) is 2.06. The third kappa shape index (κ3) is 2.14. The quantitative estimate of drug-likeness (QED) is 0.792. The van der Waals surface area contributed by atoms with Crippen molar-refractivity contribution in [1.82, 2.24) is 10.2 Å². The van der Waals surface area contributed by atoms with Crippen molar-refractivity contribution < 1.29 is 4.39 Å². The number of likely N-dealkylation sites (N-methyl/N-ethyl adjacent to an activating group) is 1. The van der Waals surface area contributed by atoms with Gasteiger partial charge in [-0.1, -0.05) is 23.7 Å². The van der Waals surface area contributed by atoms with Crippen molar-refractivity contribution in [2.24, 2.45) is 0 Å². The Hall–Kier alpha value is -0.640. The molecule has 1 heterocycles. The van der Waals surface area contributed by atoms with Crippen molar-refractivity contribution in [2.45, 2.75) is 6.04 Å². The molecule has 15 heavy (non-hydrogen) atoms. The molecule has 0 aromatic heterocycles. The SMILES string of the molecule is CN1CCNCC1c1cccc(F)c1Cl. The standard InChI is InChI=1S/C11H14ClFN2/c1-15-6-5-14-7-10(15)8-3-2-4-9(13)11(8)12/h2-4,10,14H,5-7H2,1H3. The molecule has 1 aromatic rings. The highest BCUT2D eigenvalue weighted by Gasteiger charge is 2.23. The number of piperazine rings is 1. The molecule has 0 amide bonds. The van der Waals surface area contributed by atoms with E-state index >= 15 is 0 Å². The largest absolute Gasteiger partial charge is 0.314 e. The van der Waals surface area contributed by atoms with E-state index in [0.717, 1.165) is 25.2 Å². The van der Waals surface area contributed by atoms with E-state index in [4.69, 9.17) is 11.6 Å². The Kier molecular flexibility index (Phi) is 3.24. The Bertz CT molecular complexity index is 356. The summed E-state index contributed by atoms with van der Waals surface area (Å²) in [6.07, 6.45) is 0. The minimum Gasteiger partial charge on any atom is -0.314 e. The van der Waals surface area contributed by atoms with Crippen LogP contribution in [0.2, 0.25) is 5.02 Å². The summed E-state index contributed by atoms with van der Waals surface area (Å²) in [5.41, 5.74) is 0.867. The van der Waals surface area contributed by atoms with Crippen LogP contribution >= 0.6 is 11.6 Å². The second-order valence-corrected chi connectivity index (χ2v) is 4.22. The Morgan fingerprint density at radius 3 is 3.07 bits per heavy atom. The molecule has 0 radical (unpaired) electrons. The van der Waals surface area contributed by atoms with Gasteiger partial charge in [-0.25, -0.2) is 4.39 Å². The average molecular weight is 229 g/mol. The molecule has 1 aliphatic heterocycles. The first kappa shape index (κ1) is 10.9. The summed E-state index contributed by atoms with van der Waals surface area (Å²) in [6, 6.07) is 5.16. The van der Waals surface area contributed by atoms with E-state index in [1.807, 2.05) is 13.1 Å². The zero-order valence-electron chi connectivity index (χ0n) is 8.63. The lowest BCUT2D eigenvalue weighted by atomic mass is 10.0. The van der Waals surface area contributed by atoms with Gasteiger partial charge >= 0.3 is 0 Å². The topological polar surface area (TPSA) is 15.3 Å². The molecule has 0 bridgehead atoms. The minimum absolute atomic E-state index is 0.168. The lowest BCUT2D eigenvalue weighted by Crippen LogP contribution is -2.43. The van der Waals surface area contributed by atoms with E-state index in [9.17, 15) is 4.39 Å². The molecule has 1 atom stereocenters. The van der Waals surface area contributed by atoms with Crippen LogP contribution in [0.4, 0.5) is 4.39 Å². The number of hydrogen-bond acceptors (Lipinski definition) is 2. The third-order valence-corrected chi connectivity index (χ3v) is 3.25. The van der Waals surface area contributed by atoms with Crippen LogP contribution in [0.5, 0.6) is 0 Å². The van der Waals surface area contributed by atoms with Gasteiger partial charge < -0.3 is 5.32 Å². The van der Waals surface area contributed by atoms with Crippen LogP contribution < -0.4 is 5.32 Å². The van der Waals surface area contributed by atoms with Gasteiger partial charge in [-0.15, -0.1) is 0 Å². The van der Waals surface area contributed by atoms with Gasteiger partial charge in [0.25, 0.3) is 0 Å². The second-order valence-electron chi connectivity index (χ2n) is 3.84. The van der Waals surface area contributed by atoms with Crippen LogP contribution in [0, 0.1) is 5.82 Å². The maximum Gasteiger partial charge on any atom is 0.142 e. The summed E-state index contributed by atoms with van der Waals surface area (Å²) in [7, 11) is 2.03. The van der Waals surface area contributed by atoms with Crippen LogP contribution in [0.15, 0.2) is 18.2 Å². The number of halogens is 2. The fraction of sp³-hybridized carbons (Fsp3) is 0.455. The van der Waals surface area contributed by atoms with Crippen LogP contribution in [0.1, 0.15) is 11.6 Å². The van der Waals surface area contributed by atoms with Crippen molar-refractivity contribution in [1.29, 1.82) is 0 Å². The molecule has 1 aliphatic rings. The van der Waals surface area contributed by atoms with Crippen molar-refractivity contribution in [3.8, 4) is 0 Å². The van der Waals surface area contributed by atoms with E-state index in [-0.39, 0.29) is 16.9 Å². The molecule has 1 unspecified atom stereocenters. The molecule has 1 aromatic carbocycles. The number of hydrogen-bond donors (Lipinski definition) is 1. The minimum atomic E-state index is -0.340. The maximum atomic E-state index is 13.3. The number of rotatable bonds is 1. The van der Waals surface area contributed by atoms with E-state index < -0.39 is 0 Å². The molecule has 82 valence electrons. The van der Waals surface area contributed by atoms with Crippen molar-refractivity contribution in [3.63, 3.8) is 0 Å². The zero-order chi connectivity index (χ0) is 10.8. The first-order valence-corrected chi connectivity index (χ1v) is 5.43. The van der Waals surface area contributed by atoms with Crippen LogP contribution in [0.3, 0.4) is 0 Å². The van der Waals surface area contributed by atoms with E-state index in [0.29, 0.717) is 0 Å². The lowest BCUT2D eigenvalue weighted by Gasteiger charge is -2.33. The van der Waals surface area contributed by atoms with Gasteiger partial charge in [-0.3, -0.25) is 4.90 Å². The van der Waals surface area contributed by atoms with E-state index in [2.05, 4.69) is 10.2 Å². The summed E-state index contributed by atoms with van der Waals surface area (Å²) in [5, 5.41) is 3.54. The highest BCUT2D eigenvalue weighted by atomic mass is 35.5. The Balaban J connectivity index is 2.31. The smallest absolute Gasteiger partial charge is 0.142 e. The van der Waals surface area contributed by atoms with Gasteiger partial charge in [0.05, 0.1) is 5.02 Å². The molecule has 0 saturated carbocycles. The van der Waals surface area contributed by atoms with E-state index in [1.54, 1.807) is 6.07 Å². The molecule has 1 fully saturated rings. The fourth-order valence-corrected chi connectivity index (χ4v) is 2.18. The number of nitrogens with one attached hydrogen (secondary N) is 1. The predicted molar refractivity (Wildman–Crippen MR) is 59.7 cm³/mol. The molecule has 4 heteroatoms. The van der Waals surface area contributed by atoms with Gasteiger partial charge in [0.15, 0.2) is 0 Å². The molecule has 2 nitrogen and oxygen atoms in total. The van der Waals surface area contributed by atoms with Gasteiger partial charge in [-0.2, -0.15) is 0 Å². The Morgan fingerprint density at radius 2 is 2.33 bits per heavy atom. The summed E-state index contributed by atoms with van der Waals surface area (Å²) >= 11 is 5.96. The van der Waals surface area contributed by atoms with Crippen molar-refractivity contribution in [3.05, 3.63) is 34.6 Å². The molecule has 1 N–H and O–H groups in total. The van der Waals surface area contributed by atoms with Gasteiger partial charge in [-0.05, 0) is 18.7 Å². The summed E-state index contributed by atoms with van der Waals surface area (Å²) < 4.78 is 13.3. The Morgan fingerprint density at radius 1 is 1.53 bits per heavy atom. The van der Waals surface area contributed by atoms with Gasteiger partial charge in [0, 0.05) is 25.7 Å². The molecular formula is C11H14ClFN2. The molecule has 0 spiro atoms. The summed E-state index contributed by atoms with van der Waals surface area (Å²) in [4.78, 5) is 2.19. The second kappa shape index (κ2) is 4.47. The molecular weight excluding hydrogens is 215 g/mol. The monoisotopic (exact) mass is 228 g/mol. The molecule has 2 rings (SSSR count).